The van der Waals surface area contributed by atoms with Crippen molar-refractivity contribution in [3.63, 3.8) is 0 Å². The maximum absolute atomic E-state index is 12.8. The standard InChI is InChI=1S/C18H16ClF3N2O3S/c19-15-7-6-12(10-16(15)24-8-1-2-9-28(24,26)27)17(25)23-14-5-3-4-13(11-14)18(20,21)22/h3-7,10-11H,1-2,8-9H2,(H,23,25). The van der Waals surface area contributed by atoms with E-state index in [1.165, 1.54) is 34.6 Å². The van der Waals surface area contributed by atoms with E-state index in [2.05, 4.69) is 5.32 Å². The summed E-state index contributed by atoms with van der Waals surface area (Å²) in [6.07, 6.45) is -3.32. The second kappa shape index (κ2) is 7.63. The third-order valence-electron chi connectivity index (χ3n) is 4.27. The molecule has 0 spiro atoms. The Morgan fingerprint density at radius 3 is 2.54 bits per heavy atom. The van der Waals surface area contributed by atoms with Gasteiger partial charge in [-0.05, 0) is 49.2 Å². The first-order valence-electron chi connectivity index (χ1n) is 8.36. The Morgan fingerprint density at radius 2 is 1.86 bits per heavy atom. The number of nitrogens with one attached hydrogen (secondary N) is 1. The summed E-state index contributed by atoms with van der Waals surface area (Å²) in [5, 5.41) is 2.56. The van der Waals surface area contributed by atoms with Crippen molar-refractivity contribution in [1.82, 2.24) is 0 Å². The second-order valence-electron chi connectivity index (χ2n) is 6.29. The normalized spacial score (nSPS) is 16.6. The van der Waals surface area contributed by atoms with Gasteiger partial charge in [0, 0.05) is 17.8 Å². The van der Waals surface area contributed by atoms with Crippen molar-refractivity contribution in [3.8, 4) is 0 Å². The maximum Gasteiger partial charge on any atom is 0.416 e. The first-order valence-corrected chi connectivity index (χ1v) is 10.4. The molecule has 150 valence electrons. The summed E-state index contributed by atoms with van der Waals surface area (Å²) in [6, 6.07) is 8.34. The number of carbonyl (C=O) groups excluding carboxylic acids is 1. The zero-order valence-corrected chi connectivity index (χ0v) is 16.0. The van der Waals surface area contributed by atoms with Crippen LogP contribution in [0.25, 0.3) is 0 Å². The number of hydrogen-bond acceptors (Lipinski definition) is 3. The zero-order chi connectivity index (χ0) is 20.5. The number of rotatable bonds is 3. The van der Waals surface area contributed by atoms with Crippen LogP contribution in [0, 0.1) is 0 Å². The Bertz CT molecular complexity index is 1010. The molecular formula is C18H16ClF3N2O3S. The largest absolute Gasteiger partial charge is 0.416 e. The van der Waals surface area contributed by atoms with Gasteiger partial charge in [-0.1, -0.05) is 17.7 Å². The lowest BCUT2D eigenvalue weighted by atomic mass is 10.1. The van der Waals surface area contributed by atoms with E-state index in [4.69, 9.17) is 11.6 Å². The SMILES string of the molecule is O=C(Nc1cccc(C(F)(F)F)c1)c1ccc(Cl)c(N2CCCCS2(=O)=O)c1. The van der Waals surface area contributed by atoms with Crippen LogP contribution in [0.4, 0.5) is 24.5 Å². The molecule has 28 heavy (non-hydrogen) atoms. The van der Waals surface area contributed by atoms with Crippen LogP contribution in [0.15, 0.2) is 42.5 Å². The lowest BCUT2D eigenvalue weighted by Crippen LogP contribution is -2.38. The maximum atomic E-state index is 12.8. The van der Waals surface area contributed by atoms with Crippen molar-refractivity contribution in [2.75, 3.05) is 21.9 Å². The minimum absolute atomic E-state index is 0.00993. The van der Waals surface area contributed by atoms with Gasteiger partial charge in [-0.25, -0.2) is 8.42 Å². The van der Waals surface area contributed by atoms with E-state index in [1.807, 2.05) is 0 Å². The Morgan fingerprint density at radius 1 is 1.11 bits per heavy atom. The monoisotopic (exact) mass is 432 g/mol. The summed E-state index contributed by atoms with van der Waals surface area (Å²) in [5.74, 6) is -0.684. The number of anilines is 2. The van der Waals surface area contributed by atoms with Crippen LogP contribution in [0.5, 0.6) is 0 Å². The molecule has 1 fully saturated rings. The number of hydrogen-bond donors (Lipinski definition) is 1. The van der Waals surface area contributed by atoms with Crippen LogP contribution in [0.1, 0.15) is 28.8 Å². The van der Waals surface area contributed by atoms with E-state index in [-0.39, 0.29) is 34.3 Å². The van der Waals surface area contributed by atoms with E-state index < -0.39 is 27.7 Å². The molecule has 10 heteroatoms. The molecule has 0 radical (unpaired) electrons. The third kappa shape index (κ3) is 4.41. The summed E-state index contributed by atoms with van der Waals surface area (Å²) in [4.78, 5) is 12.5. The van der Waals surface area contributed by atoms with Crippen molar-refractivity contribution in [3.05, 3.63) is 58.6 Å². The molecule has 1 N–H and O–H groups in total. The van der Waals surface area contributed by atoms with Crippen molar-refractivity contribution >= 4 is 38.9 Å². The lowest BCUT2D eigenvalue weighted by molar-refractivity contribution is -0.137. The van der Waals surface area contributed by atoms with Gasteiger partial charge in [-0.15, -0.1) is 0 Å². The first-order chi connectivity index (χ1) is 13.1. The average Bonchev–Trinajstić information content (AvgIpc) is 2.61. The molecule has 0 unspecified atom stereocenters. The fraction of sp³-hybridized carbons (Fsp3) is 0.278. The van der Waals surface area contributed by atoms with Crippen molar-refractivity contribution in [1.29, 1.82) is 0 Å². The highest BCUT2D eigenvalue weighted by atomic mass is 35.5. The number of benzene rings is 2. The molecule has 0 aliphatic carbocycles. The van der Waals surface area contributed by atoms with E-state index in [0.29, 0.717) is 12.8 Å². The van der Waals surface area contributed by atoms with Crippen LogP contribution < -0.4 is 9.62 Å². The highest BCUT2D eigenvalue weighted by Crippen LogP contribution is 2.33. The first kappa shape index (κ1) is 20.5. The van der Waals surface area contributed by atoms with Gasteiger partial charge in [-0.2, -0.15) is 13.2 Å². The fourth-order valence-corrected chi connectivity index (χ4v) is 4.80. The summed E-state index contributed by atoms with van der Waals surface area (Å²) in [7, 11) is -3.53. The molecule has 1 aliphatic rings. The Labute approximate surface area is 165 Å². The van der Waals surface area contributed by atoms with Crippen LogP contribution in [0.2, 0.25) is 5.02 Å². The summed E-state index contributed by atoms with van der Waals surface area (Å²) < 4.78 is 64.2. The van der Waals surface area contributed by atoms with Gasteiger partial charge < -0.3 is 5.32 Å². The molecule has 1 aliphatic heterocycles. The van der Waals surface area contributed by atoms with Gasteiger partial charge in [-0.3, -0.25) is 9.10 Å². The van der Waals surface area contributed by atoms with Crippen LogP contribution in [0.3, 0.4) is 0 Å². The zero-order valence-electron chi connectivity index (χ0n) is 14.5. The predicted octanol–water partition coefficient (Wildman–Crippen LogP) is 4.54. The topological polar surface area (TPSA) is 66.5 Å². The number of halogens is 4. The Kier molecular flexibility index (Phi) is 5.58. The molecule has 1 saturated heterocycles. The van der Waals surface area contributed by atoms with Crippen molar-refractivity contribution in [2.24, 2.45) is 0 Å². The Hall–Kier alpha value is -2.26. The van der Waals surface area contributed by atoms with E-state index in [9.17, 15) is 26.4 Å². The van der Waals surface area contributed by atoms with E-state index in [1.54, 1.807) is 0 Å². The minimum atomic E-state index is -4.53. The van der Waals surface area contributed by atoms with Crippen LogP contribution in [-0.2, 0) is 16.2 Å². The van der Waals surface area contributed by atoms with E-state index >= 15 is 0 Å². The second-order valence-corrected chi connectivity index (χ2v) is 8.71. The lowest BCUT2D eigenvalue weighted by Gasteiger charge is -2.29. The fourth-order valence-electron chi connectivity index (χ4n) is 2.88. The quantitative estimate of drug-likeness (QED) is 0.774. The number of sulfonamides is 1. The van der Waals surface area contributed by atoms with Gasteiger partial charge in [0.25, 0.3) is 5.91 Å². The minimum Gasteiger partial charge on any atom is -0.322 e. The molecule has 0 aromatic heterocycles. The molecule has 1 heterocycles. The van der Waals surface area contributed by atoms with Crippen molar-refractivity contribution in [2.45, 2.75) is 19.0 Å². The number of nitrogens with zero attached hydrogens (tertiary/aromatic N) is 1. The molecular weight excluding hydrogens is 417 g/mol. The molecule has 3 rings (SSSR count). The summed E-state index contributed by atoms with van der Waals surface area (Å²) in [6.45, 7) is 0.251. The number of alkyl halides is 3. The smallest absolute Gasteiger partial charge is 0.322 e. The van der Waals surface area contributed by atoms with Gasteiger partial charge in [0.05, 0.1) is 22.0 Å². The molecule has 0 bridgehead atoms. The third-order valence-corrected chi connectivity index (χ3v) is 6.45. The number of carbonyl (C=O) groups is 1. The van der Waals surface area contributed by atoms with Gasteiger partial charge in [0.1, 0.15) is 0 Å². The average molecular weight is 433 g/mol. The molecule has 2 aromatic carbocycles. The van der Waals surface area contributed by atoms with Crippen LogP contribution in [-0.4, -0.2) is 26.6 Å². The Balaban J connectivity index is 1.87. The predicted molar refractivity (Wildman–Crippen MR) is 101 cm³/mol. The summed E-state index contributed by atoms with van der Waals surface area (Å²) >= 11 is 6.13. The van der Waals surface area contributed by atoms with Crippen molar-refractivity contribution < 1.29 is 26.4 Å². The number of amides is 1. The van der Waals surface area contributed by atoms with E-state index in [0.717, 1.165) is 12.1 Å². The molecule has 2 aromatic rings. The molecule has 0 atom stereocenters. The molecule has 0 saturated carbocycles. The highest BCUT2D eigenvalue weighted by Gasteiger charge is 2.31. The van der Waals surface area contributed by atoms with Gasteiger partial charge in [0.15, 0.2) is 0 Å². The van der Waals surface area contributed by atoms with Gasteiger partial charge in [0.2, 0.25) is 10.0 Å². The van der Waals surface area contributed by atoms with Crippen LogP contribution >= 0.6 is 11.6 Å². The van der Waals surface area contributed by atoms with Gasteiger partial charge >= 0.3 is 6.18 Å². The molecule has 1 amide bonds. The highest BCUT2D eigenvalue weighted by molar-refractivity contribution is 7.92. The summed E-state index contributed by atoms with van der Waals surface area (Å²) in [5.41, 5.74) is -0.654. The molecule has 5 nitrogen and oxygen atoms in total.